The van der Waals surface area contributed by atoms with Gasteiger partial charge >= 0.3 is 5.97 Å². The van der Waals surface area contributed by atoms with Crippen molar-refractivity contribution in [2.24, 2.45) is 0 Å². The van der Waals surface area contributed by atoms with Crippen LogP contribution in [-0.4, -0.2) is 23.0 Å². The smallest absolute Gasteiger partial charge is 0.330 e. The maximum absolute atomic E-state index is 9.60. The number of carboxylic acid groups (broad SMARTS) is 1. The number of para-hydroxylation sites is 1. The van der Waals surface area contributed by atoms with E-state index < -0.39 is 5.97 Å². The van der Waals surface area contributed by atoms with Gasteiger partial charge in [-0.25, -0.2) is 4.79 Å². The molecule has 1 N–H and O–H groups in total. The van der Waals surface area contributed by atoms with Crippen molar-refractivity contribution >= 4 is 21.9 Å². The van der Waals surface area contributed by atoms with Gasteiger partial charge < -0.3 is 9.84 Å². The first-order chi connectivity index (χ1) is 7.57. The Labute approximate surface area is 104 Å². The van der Waals surface area contributed by atoms with E-state index in [-0.39, 0.29) is 5.57 Å². The van der Waals surface area contributed by atoms with Crippen LogP contribution in [0.1, 0.15) is 6.92 Å². The Kier molecular flexibility index (Phi) is 8.25. The Hall–Kier alpha value is -1.29. The minimum Gasteiger partial charge on any atom is -0.493 e. The van der Waals surface area contributed by atoms with Crippen LogP contribution in [0.2, 0.25) is 0 Å². The molecular weight excluding hydrogens is 272 g/mol. The number of halogens is 1. The number of rotatable bonds is 4. The second-order valence-corrected chi connectivity index (χ2v) is 3.73. The number of alkyl halides is 1. The molecule has 0 amide bonds. The summed E-state index contributed by atoms with van der Waals surface area (Å²) >= 11 is 3.28. The number of benzene rings is 1. The maximum atomic E-state index is 9.60. The second-order valence-electron chi connectivity index (χ2n) is 2.94. The van der Waals surface area contributed by atoms with Gasteiger partial charge in [-0.1, -0.05) is 40.7 Å². The van der Waals surface area contributed by atoms with E-state index >= 15 is 0 Å². The summed E-state index contributed by atoms with van der Waals surface area (Å²) in [5, 5.41) is 8.77. The van der Waals surface area contributed by atoms with E-state index in [1.807, 2.05) is 30.3 Å². The normalized spacial score (nSPS) is 8.62. The van der Waals surface area contributed by atoms with Crippen LogP contribution >= 0.6 is 15.9 Å². The number of carboxylic acids is 1. The predicted octanol–water partition coefficient (Wildman–Crippen LogP) is 3.11. The number of hydrogen-bond donors (Lipinski definition) is 1. The van der Waals surface area contributed by atoms with E-state index in [1.54, 1.807) is 0 Å². The number of ether oxygens (including phenoxy) is 1. The van der Waals surface area contributed by atoms with Gasteiger partial charge in [0.1, 0.15) is 5.75 Å². The third-order valence-corrected chi connectivity index (χ3v) is 1.78. The van der Waals surface area contributed by atoms with Crippen LogP contribution in [0.3, 0.4) is 0 Å². The lowest BCUT2D eigenvalue weighted by Crippen LogP contribution is -1.96. The van der Waals surface area contributed by atoms with E-state index in [0.717, 1.165) is 17.7 Å². The Morgan fingerprint density at radius 2 is 1.94 bits per heavy atom. The lowest BCUT2D eigenvalue weighted by Gasteiger charge is -2.01. The van der Waals surface area contributed by atoms with E-state index in [2.05, 4.69) is 22.5 Å². The van der Waals surface area contributed by atoms with Gasteiger partial charge in [0.15, 0.2) is 0 Å². The van der Waals surface area contributed by atoms with Gasteiger partial charge in [-0.05, 0) is 19.1 Å². The Morgan fingerprint density at radius 3 is 2.31 bits per heavy atom. The van der Waals surface area contributed by atoms with Gasteiger partial charge in [0, 0.05) is 10.9 Å². The topological polar surface area (TPSA) is 46.5 Å². The molecule has 0 aliphatic rings. The molecule has 0 spiro atoms. The Morgan fingerprint density at radius 1 is 1.44 bits per heavy atom. The van der Waals surface area contributed by atoms with Crippen molar-refractivity contribution in [3.63, 3.8) is 0 Å². The zero-order chi connectivity index (χ0) is 12.4. The Bertz CT molecular complexity index is 310. The molecule has 3 nitrogen and oxygen atoms in total. The van der Waals surface area contributed by atoms with Crippen molar-refractivity contribution < 1.29 is 14.6 Å². The highest BCUT2D eigenvalue weighted by Crippen LogP contribution is 2.07. The first-order valence-electron chi connectivity index (χ1n) is 4.70. The summed E-state index contributed by atoms with van der Waals surface area (Å²) in [7, 11) is 0. The van der Waals surface area contributed by atoms with Crippen LogP contribution in [0.15, 0.2) is 42.5 Å². The van der Waals surface area contributed by atoms with E-state index in [1.165, 1.54) is 6.92 Å². The quantitative estimate of drug-likeness (QED) is 0.683. The summed E-state index contributed by atoms with van der Waals surface area (Å²) in [4.78, 5) is 9.60. The van der Waals surface area contributed by atoms with Gasteiger partial charge in [-0.15, -0.1) is 0 Å². The molecule has 1 aromatic carbocycles. The van der Waals surface area contributed by atoms with E-state index in [0.29, 0.717) is 0 Å². The lowest BCUT2D eigenvalue weighted by molar-refractivity contribution is -0.132. The van der Waals surface area contributed by atoms with E-state index in [9.17, 15) is 4.79 Å². The fourth-order valence-electron chi connectivity index (χ4n) is 0.673. The summed E-state index contributed by atoms with van der Waals surface area (Å²) in [6.45, 7) is 5.33. The summed E-state index contributed by atoms with van der Waals surface area (Å²) in [6.07, 6.45) is 0. The molecule has 0 fully saturated rings. The molecule has 0 saturated carbocycles. The summed E-state index contributed by atoms with van der Waals surface area (Å²) in [5.41, 5.74) is 0.176. The first-order valence-corrected chi connectivity index (χ1v) is 5.82. The van der Waals surface area contributed by atoms with Crippen molar-refractivity contribution in [1.82, 2.24) is 0 Å². The van der Waals surface area contributed by atoms with Crippen LogP contribution in [0.25, 0.3) is 0 Å². The maximum Gasteiger partial charge on any atom is 0.330 e. The standard InChI is InChI=1S/C8H9BrO.C4H6O2/c9-6-7-10-8-4-2-1-3-5-8;1-3(2)4(5)6/h1-5H,6-7H2;1H2,2H3,(H,5,6). The third-order valence-electron chi connectivity index (χ3n) is 1.45. The van der Waals surface area contributed by atoms with Crippen molar-refractivity contribution in [1.29, 1.82) is 0 Å². The largest absolute Gasteiger partial charge is 0.493 e. The molecule has 0 saturated heterocycles. The zero-order valence-corrected chi connectivity index (χ0v) is 10.7. The van der Waals surface area contributed by atoms with Crippen LogP contribution in [0, 0.1) is 0 Å². The SMILES string of the molecule is BrCCOc1ccccc1.C=C(C)C(=O)O. The van der Waals surface area contributed by atoms with Gasteiger partial charge in [-0.2, -0.15) is 0 Å². The molecule has 16 heavy (non-hydrogen) atoms. The fraction of sp³-hybridized carbons (Fsp3) is 0.250. The summed E-state index contributed by atoms with van der Waals surface area (Å²) in [6, 6.07) is 9.79. The minimum absolute atomic E-state index is 0.176. The molecule has 0 radical (unpaired) electrons. The van der Waals surface area contributed by atoms with Gasteiger partial charge in [0.25, 0.3) is 0 Å². The molecular formula is C12H15BrO3. The summed E-state index contributed by atoms with van der Waals surface area (Å²) < 4.78 is 5.31. The third kappa shape index (κ3) is 8.05. The van der Waals surface area contributed by atoms with Crippen molar-refractivity contribution in [2.75, 3.05) is 11.9 Å². The number of aliphatic carboxylic acids is 1. The zero-order valence-electron chi connectivity index (χ0n) is 9.15. The highest BCUT2D eigenvalue weighted by molar-refractivity contribution is 9.09. The fourth-order valence-corrected chi connectivity index (χ4v) is 0.835. The van der Waals surface area contributed by atoms with Crippen molar-refractivity contribution in [3.8, 4) is 5.75 Å². The molecule has 0 aliphatic carbocycles. The molecule has 88 valence electrons. The summed E-state index contributed by atoms with van der Waals surface area (Å²) in [5.74, 6) is -0.00282. The molecule has 4 heteroatoms. The molecule has 0 bridgehead atoms. The average molecular weight is 287 g/mol. The highest BCUT2D eigenvalue weighted by Gasteiger charge is 1.90. The molecule has 0 heterocycles. The number of hydrogen-bond acceptors (Lipinski definition) is 2. The number of carbonyl (C=O) groups is 1. The predicted molar refractivity (Wildman–Crippen MR) is 68.2 cm³/mol. The molecule has 0 aromatic heterocycles. The van der Waals surface area contributed by atoms with Crippen LogP contribution in [0.4, 0.5) is 0 Å². The Balaban J connectivity index is 0.000000325. The van der Waals surface area contributed by atoms with Gasteiger partial charge in [0.05, 0.1) is 6.61 Å². The average Bonchev–Trinajstić information content (AvgIpc) is 2.28. The molecule has 0 aliphatic heterocycles. The first kappa shape index (κ1) is 14.7. The molecule has 0 atom stereocenters. The van der Waals surface area contributed by atoms with Crippen LogP contribution < -0.4 is 4.74 Å². The van der Waals surface area contributed by atoms with Gasteiger partial charge in [0.2, 0.25) is 0 Å². The van der Waals surface area contributed by atoms with Crippen molar-refractivity contribution in [3.05, 3.63) is 42.5 Å². The molecule has 1 rings (SSSR count). The van der Waals surface area contributed by atoms with Gasteiger partial charge in [-0.3, -0.25) is 0 Å². The second kappa shape index (κ2) is 8.97. The van der Waals surface area contributed by atoms with Crippen LogP contribution in [0.5, 0.6) is 5.75 Å². The monoisotopic (exact) mass is 286 g/mol. The van der Waals surface area contributed by atoms with E-state index in [4.69, 9.17) is 9.84 Å². The van der Waals surface area contributed by atoms with Crippen molar-refractivity contribution in [2.45, 2.75) is 6.92 Å². The highest BCUT2D eigenvalue weighted by atomic mass is 79.9. The van der Waals surface area contributed by atoms with Crippen LogP contribution in [-0.2, 0) is 4.79 Å². The molecule has 1 aromatic rings. The lowest BCUT2D eigenvalue weighted by atomic mass is 10.3. The minimum atomic E-state index is -0.935. The molecule has 0 unspecified atom stereocenters.